The van der Waals surface area contributed by atoms with Crippen LogP contribution < -0.4 is 4.90 Å². The maximum absolute atomic E-state index is 10.5. The molecule has 1 saturated heterocycles. The van der Waals surface area contributed by atoms with Crippen LogP contribution in [0.5, 0.6) is 0 Å². The number of likely N-dealkylation sites (tertiary alicyclic amines) is 1. The average Bonchev–Trinajstić information content (AvgIpc) is 2.82. The molecular weight excluding hydrogens is 288 g/mol. The minimum Gasteiger partial charge on any atom is -0.478 e. The third kappa shape index (κ3) is 4.48. The van der Waals surface area contributed by atoms with Gasteiger partial charge >= 0.3 is 5.97 Å². The number of carbonyl (C=O) groups is 1. The summed E-state index contributed by atoms with van der Waals surface area (Å²) in [6, 6.07) is 5.72. The second-order valence-electron chi connectivity index (χ2n) is 5.67. The van der Waals surface area contributed by atoms with E-state index in [1.54, 1.807) is 0 Å². The molecule has 0 aliphatic carbocycles. The zero-order valence-corrected chi connectivity index (χ0v) is 13.2. The molecule has 4 nitrogen and oxygen atoms in total. The molecule has 1 N–H and O–H groups in total. The predicted octanol–water partition coefficient (Wildman–Crippen LogP) is 2.83. The van der Waals surface area contributed by atoms with Crippen LogP contribution in [0, 0.1) is 5.92 Å². The maximum atomic E-state index is 10.5. The highest BCUT2D eigenvalue weighted by molar-refractivity contribution is 6.32. The quantitative estimate of drug-likeness (QED) is 0.850. The lowest BCUT2D eigenvalue weighted by molar-refractivity contribution is -0.131. The predicted molar refractivity (Wildman–Crippen MR) is 87.0 cm³/mol. The first-order valence-corrected chi connectivity index (χ1v) is 7.43. The molecule has 1 fully saturated rings. The molecular formula is C16H21ClN2O2. The van der Waals surface area contributed by atoms with Crippen LogP contribution >= 0.6 is 11.6 Å². The van der Waals surface area contributed by atoms with E-state index in [9.17, 15) is 4.79 Å². The molecule has 0 bridgehead atoms. The van der Waals surface area contributed by atoms with E-state index in [2.05, 4.69) is 23.9 Å². The highest BCUT2D eigenvalue weighted by Crippen LogP contribution is 2.26. The van der Waals surface area contributed by atoms with Gasteiger partial charge in [0.2, 0.25) is 0 Å². The van der Waals surface area contributed by atoms with E-state index < -0.39 is 5.97 Å². The van der Waals surface area contributed by atoms with Crippen molar-refractivity contribution in [2.45, 2.75) is 6.42 Å². The van der Waals surface area contributed by atoms with Crippen molar-refractivity contribution in [2.75, 3.05) is 38.6 Å². The Hall–Kier alpha value is -1.52. The van der Waals surface area contributed by atoms with Crippen LogP contribution in [-0.4, -0.2) is 49.7 Å². The first-order chi connectivity index (χ1) is 9.95. The highest BCUT2D eigenvalue weighted by atomic mass is 35.5. The number of aliphatic carboxylic acids is 1. The molecule has 0 spiro atoms. The SMILES string of the molecule is CN1CCC(CN(C)c2ccc(/C=C/C(=O)O)c(Cl)c2)C1. The number of hydrogen-bond acceptors (Lipinski definition) is 3. The van der Waals surface area contributed by atoms with Gasteiger partial charge in [0, 0.05) is 36.9 Å². The minimum absolute atomic E-state index is 0.570. The zero-order valence-electron chi connectivity index (χ0n) is 12.4. The Morgan fingerprint density at radius 1 is 1.57 bits per heavy atom. The summed E-state index contributed by atoms with van der Waals surface area (Å²) in [6.07, 6.45) is 3.84. The fourth-order valence-corrected chi connectivity index (χ4v) is 2.96. The van der Waals surface area contributed by atoms with Crippen molar-refractivity contribution >= 4 is 29.3 Å². The van der Waals surface area contributed by atoms with Gasteiger partial charge in [0.1, 0.15) is 0 Å². The number of hydrogen-bond donors (Lipinski definition) is 1. The fraction of sp³-hybridized carbons (Fsp3) is 0.438. The monoisotopic (exact) mass is 308 g/mol. The molecule has 1 aromatic carbocycles. The largest absolute Gasteiger partial charge is 0.478 e. The van der Waals surface area contributed by atoms with Crippen LogP contribution in [0.4, 0.5) is 5.69 Å². The lowest BCUT2D eigenvalue weighted by atomic mass is 10.1. The zero-order chi connectivity index (χ0) is 15.4. The van der Waals surface area contributed by atoms with Gasteiger partial charge in [-0.05, 0) is 49.7 Å². The van der Waals surface area contributed by atoms with Crippen LogP contribution in [0.2, 0.25) is 5.02 Å². The summed E-state index contributed by atoms with van der Waals surface area (Å²) < 4.78 is 0. The molecule has 1 aliphatic heterocycles. The van der Waals surface area contributed by atoms with Crippen LogP contribution in [-0.2, 0) is 4.79 Å². The summed E-state index contributed by atoms with van der Waals surface area (Å²) in [4.78, 5) is 15.1. The molecule has 21 heavy (non-hydrogen) atoms. The van der Waals surface area contributed by atoms with Gasteiger partial charge in [0.15, 0.2) is 0 Å². The molecule has 0 radical (unpaired) electrons. The van der Waals surface area contributed by atoms with Gasteiger partial charge in [0.05, 0.1) is 0 Å². The number of benzene rings is 1. The number of carboxylic acid groups (broad SMARTS) is 1. The van der Waals surface area contributed by atoms with E-state index >= 15 is 0 Å². The highest BCUT2D eigenvalue weighted by Gasteiger charge is 2.21. The number of anilines is 1. The second kappa shape index (κ2) is 6.96. The number of nitrogens with zero attached hydrogens (tertiary/aromatic N) is 2. The summed E-state index contributed by atoms with van der Waals surface area (Å²) in [5, 5.41) is 9.22. The Kier molecular flexibility index (Phi) is 5.26. The Morgan fingerprint density at radius 3 is 2.90 bits per heavy atom. The molecule has 1 atom stereocenters. The molecule has 1 aromatic rings. The molecule has 1 heterocycles. The second-order valence-corrected chi connectivity index (χ2v) is 6.08. The normalized spacial score (nSPS) is 19.3. The fourth-order valence-electron chi connectivity index (χ4n) is 2.72. The summed E-state index contributed by atoms with van der Waals surface area (Å²) in [7, 11) is 4.22. The topological polar surface area (TPSA) is 43.8 Å². The van der Waals surface area contributed by atoms with Gasteiger partial charge in [0.25, 0.3) is 0 Å². The van der Waals surface area contributed by atoms with Crippen molar-refractivity contribution in [1.82, 2.24) is 4.90 Å². The van der Waals surface area contributed by atoms with Crippen LogP contribution in [0.15, 0.2) is 24.3 Å². The lowest BCUT2D eigenvalue weighted by Crippen LogP contribution is -2.27. The number of carboxylic acids is 1. The van der Waals surface area contributed by atoms with Gasteiger partial charge in [-0.25, -0.2) is 4.79 Å². The van der Waals surface area contributed by atoms with Crippen molar-refractivity contribution in [2.24, 2.45) is 5.92 Å². The van der Waals surface area contributed by atoms with Crippen molar-refractivity contribution in [1.29, 1.82) is 0 Å². The third-order valence-electron chi connectivity index (χ3n) is 3.85. The minimum atomic E-state index is -0.974. The number of halogens is 1. The summed E-state index contributed by atoms with van der Waals surface area (Å²) >= 11 is 6.22. The Balaban J connectivity index is 2.03. The van der Waals surface area contributed by atoms with E-state index in [1.807, 2.05) is 18.2 Å². The third-order valence-corrected chi connectivity index (χ3v) is 4.18. The van der Waals surface area contributed by atoms with Crippen molar-refractivity contribution in [3.05, 3.63) is 34.9 Å². The van der Waals surface area contributed by atoms with Crippen molar-refractivity contribution < 1.29 is 9.90 Å². The lowest BCUT2D eigenvalue weighted by Gasteiger charge is -2.23. The molecule has 5 heteroatoms. The van der Waals surface area contributed by atoms with Gasteiger partial charge in [-0.3, -0.25) is 0 Å². The Bertz CT molecular complexity index is 545. The van der Waals surface area contributed by atoms with E-state index in [-0.39, 0.29) is 0 Å². The van der Waals surface area contributed by atoms with E-state index in [4.69, 9.17) is 16.7 Å². The van der Waals surface area contributed by atoms with Gasteiger partial charge in [-0.15, -0.1) is 0 Å². The van der Waals surface area contributed by atoms with E-state index in [0.29, 0.717) is 10.9 Å². The first-order valence-electron chi connectivity index (χ1n) is 7.06. The van der Waals surface area contributed by atoms with Gasteiger partial charge < -0.3 is 14.9 Å². The molecule has 0 aromatic heterocycles. The van der Waals surface area contributed by atoms with Crippen LogP contribution in [0.3, 0.4) is 0 Å². The molecule has 1 unspecified atom stereocenters. The summed E-state index contributed by atoms with van der Waals surface area (Å²) in [6.45, 7) is 3.31. The standard InChI is InChI=1S/C16H21ClN2O2/c1-18-8-7-12(10-18)11-19(2)14-5-3-13(15(17)9-14)4-6-16(20)21/h3-6,9,12H,7-8,10-11H2,1-2H3,(H,20,21)/b6-4+. The van der Waals surface area contributed by atoms with E-state index in [1.165, 1.54) is 12.5 Å². The van der Waals surface area contributed by atoms with Gasteiger partial charge in [-0.2, -0.15) is 0 Å². The smallest absolute Gasteiger partial charge is 0.328 e. The number of rotatable bonds is 5. The van der Waals surface area contributed by atoms with Crippen LogP contribution in [0.1, 0.15) is 12.0 Å². The molecule has 114 valence electrons. The Labute approximate surface area is 130 Å². The molecule has 0 saturated carbocycles. The van der Waals surface area contributed by atoms with Crippen molar-refractivity contribution in [3.63, 3.8) is 0 Å². The molecule has 0 amide bonds. The van der Waals surface area contributed by atoms with Crippen LogP contribution in [0.25, 0.3) is 6.08 Å². The first kappa shape index (κ1) is 15.9. The molecule has 1 aliphatic rings. The summed E-state index contributed by atoms with van der Waals surface area (Å²) in [5.41, 5.74) is 1.78. The Morgan fingerprint density at radius 2 is 2.33 bits per heavy atom. The average molecular weight is 309 g/mol. The van der Waals surface area contributed by atoms with E-state index in [0.717, 1.165) is 37.0 Å². The van der Waals surface area contributed by atoms with Crippen molar-refractivity contribution in [3.8, 4) is 0 Å². The molecule has 2 rings (SSSR count). The summed E-state index contributed by atoms with van der Waals surface area (Å²) in [5.74, 6) is -0.289. The maximum Gasteiger partial charge on any atom is 0.328 e. The van der Waals surface area contributed by atoms with Gasteiger partial charge in [-0.1, -0.05) is 17.7 Å².